The van der Waals surface area contributed by atoms with Gasteiger partial charge in [-0.25, -0.2) is 0 Å². The van der Waals surface area contributed by atoms with Gasteiger partial charge in [0.05, 0.1) is 18.8 Å². The van der Waals surface area contributed by atoms with E-state index in [0.29, 0.717) is 24.5 Å². The lowest BCUT2D eigenvalue weighted by molar-refractivity contribution is -0.112. The number of carbonyl (C=O) groups excluding carboxylic acids is 1. The van der Waals surface area contributed by atoms with Crippen LogP contribution in [0.25, 0.3) is 5.76 Å². The van der Waals surface area contributed by atoms with E-state index < -0.39 is 0 Å². The number of hydrogen-bond acceptors (Lipinski definition) is 4. The first-order valence-corrected chi connectivity index (χ1v) is 8.87. The Bertz CT molecular complexity index is 561. The molecule has 1 rings (SSSR count). The molecule has 0 amide bonds. The van der Waals surface area contributed by atoms with Crippen LogP contribution in [-0.2, 0) is 11.2 Å². The van der Waals surface area contributed by atoms with E-state index in [9.17, 15) is 9.90 Å². The second-order valence-electron chi connectivity index (χ2n) is 5.85. The summed E-state index contributed by atoms with van der Waals surface area (Å²) in [5, 5.41) is 10.3. The van der Waals surface area contributed by atoms with Gasteiger partial charge in [0, 0.05) is 12.1 Å². The maximum atomic E-state index is 11.3. The van der Waals surface area contributed by atoms with Crippen molar-refractivity contribution in [1.82, 2.24) is 0 Å². The van der Waals surface area contributed by atoms with Gasteiger partial charge in [-0.05, 0) is 37.8 Å². The number of carbonyl (C=O) groups is 1. The molecule has 0 fully saturated rings. The van der Waals surface area contributed by atoms with Gasteiger partial charge in [0.25, 0.3) is 0 Å². The number of aliphatic hydroxyl groups excluding tert-OH is 1. The molecule has 1 aromatic rings. The Kier molecular flexibility index (Phi) is 8.98. The summed E-state index contributed by atoms with van der Waals surface area (Å²) in [6.45, 7) is 8.89. The highest BCUT2D eigenvalue weighted by atomic mass is 16.5. The minimum atomic E-state index is -0.201. The monoisotopic (exact) mass is 334 g/mol. The molecule has 0 aromatic heterocycles. The molecule has 0 aliphatic rings. The van der Waals surface area contributed by atoms with Crippen LogP contribution in [0.4, 0.5) is 0 Å². The normalized spacial score (nSPS) is 11.4. The van der Waals surface area contributed by atoms with Crippen LogP contribution in [0, 0.1) is 0 Å². The van der Waals surface area contributed by atoms with E-state index in [1.54, 1.807) is 0 Å². The van der Waals surface area contributed by atoms with Crippen molar-refractivity contribution < 1.29 is 19.4 Å². The number of aryl methyl sites for hydroxylation is 1. The van der Waals surface area contributed by atoms with Gasteiger partial charge < -0.3 is 14.6 Å². The van der Waals surface area contributed by atoms with E-state index >= 15 is 0 Å². The molecule has 24 heavy (non-hydrogen) atoms. The van der Waals surface area contributed by atoms with Crippen molar-refractivity contribution in [3.63, 3.8) is 0 Å². The first-order chi connectivity index (χ1) is 11.5. The molecule has 1 aromatic carbocycles. The highest BCUT2D eigenvalue weighted by Crippen LogP contribution is 2.33. The van der Waals surface area contributed by atoms with Gasteiger partial charge in [0.15, 0.2) is 5.78 Å². The molecule has 4 heteroatoms. The fraction of sp³-hybridized carbons (Fsp3) is 0.550. The van der Waals surface area contributed by atoms with Gasteiger partial charge in [-0.3, -0.25) is 4.79 Å². The number of hydrogen-bond donors (Lipinski definition) is 1. The Balaban J connectivity index is 3.20. The predicted octanol–water partition coefficient (Wildman–Crippen LogP) is 5.09. The molecule has 0 saturated heterocycles. The first kappa shape index (κ1) is 20.1. The summed E-state index contributed by atoms with van der Waals surface area (Å²) in [6, 6.07) is 3.70. The van der Waals surface area contributed by atoms with Crippen molar-refractivity contribution in [3.05, 3.63) is 29.3 Å². The largest absolute Gasteiger partial charge is 0.507 e. The topological polar surface area (TPSA) is 55.8 Å². The lowest BCUT2D eigenvalue weighted by Gasteiger charge is -2.17. The van der Waals surface area contributed by atoms with Crippen LogP contribution in [0.3, 0.4) is 0 Å². The summed E-state index contributed by atoms with van der Waals surface area (Å²) in [6.07, 6.45) is 6.01. The SMILES string of the molecule is CCCCOc1cc(OCCCC)c(C(O)=CC(C)=O)cc1CC. The van der Waals surface area contributed by atoms with E-state index in [1.807, 2.05) is 19.1 Å². The number of allylic oxidation sites excluding steroid dienone is 1. The van der Waals surface area contributed by atoms with Crippen molar-refractivity contribution in [2.45, 2.75) is 59.8 Å². The van der Waals surface area contributed by atoms with E-state index in [1.165, 1.54) is 13.0 Å². The summed E-state index contributed by atoms with van der Waals surface area (Å²) in [7, 11) is 0. The molecule has 134 valence electrons. The van der Waals surface area contributed by atoms with Crippen LogP contribution in [0.5, 0.6) is 11.5 Å². The number of aliphatic hydroxyl groups is 1. The predicted molar refractivity (Wildman–Crippen MR) is 97.9 cm³/mol. The van der Waals surface area contributed by atoms with Gasteiger partial charge >= 0.3 is 0 Å². The maximum absolute atomic E-state index is 11.3. The Labute approximate surface area is 145 Å². The van der Waals surface area contributed by atoms with E-state index in [4.69, 9.17) is 9.47 Å². The van der Waals surface area contributed by atoms with Crippen molar-refractivity contribution in [2.75, 3.05) is 13.2 Å². The zero-order valence-corrected chi connectivity index (χ0v) is 15.4. The quantitative estimate of drug-likeness (QED) is 0.348. The first-order valence-electron chi connectivity index (χ1n) is 8.87. The molecule has 4 nitrogen and oxygen atoms in total. The molecule has 0 unspecified atom stereocenters. The van der Waals surface area contributed by atoms with Gasteiger partial charge in [-0.15, -0.1) is 0 Å². The zero-order valence-electron chi connectivity index (χ0n) is 15.4. The van der Waals surface area contributed by atoms with Crippen molar-refractivity contribution in [1.29, 1.82) is 0 Å². The Morgan fingerprint density at radius 1 is 1.04 bits per heavy atom. The Morgan fingerprint density at radius 3 is 2.12 bits per heavy atom. The molecule has 0 aliphatic carbocycles. The summed E-state index contributed by atoms with van der Waals surface area (Å²) >= 11 is 0. The third-order valence-corrected chi connectivity index (χ3v) is 3.67. The van der Waals surface area contributed by atoms with Crippen LogP contribution in [0.1, 0.15) is 64.5 Å². The second-order valence-corrected chi connectivity index (χ2v) is 5.85. The summed E-state index contributed by atoms with van der Waals surface area (Å²) in [5.74, 6) is 1.08. The standard InChI is InChI=1S/C20H30O4/c1-5-8-10-23-19-14-20(24-11-9-6-2)17(13-16(19)7-3)18(22)12-15(4)21/h12-14,22H,5-11H2,1-4H3. The van der Waals surface area contributed by atoms with E-state index in [-0.39, 0.29) is 11.5 Å². The van der Waals surface area contributed by atoms with E-state index in [2.05, 4.69) is 13.8 Å². The van der Waals surface area contributed by atoms with Crippen molar-refractivity contribution in [3.8, 4) is 11.5 Å². The second kappa shape index (κ2) is 10.7. The summed E-state index contributed by atoms with van der Waals surface area (Å²) in [4.78, 5) is 11.3. The molecule has 0 spiro atoms. The fourth-order valence-corrected chi connectivity index (χ4v) is 2.26. The van der Waals surface area contributed by atoms with Crippen LogP contribution in [0.15, 0.2) is 18.2 Å². The number of benzene rings is 1. The van der Waals surface area contributed by atoms with Crippen LogP contribution < -0.4 is 9.47 Å². The number of rotatable bonds is 11. The Morgan fingerprint density at radius 2 is 1.62 bits per heavy atom. The third kappa shape index (κ3) is 6.26. The molecule has 0 radical (unpaired) electrons. The molecule has 0 atom stereocenters. The Hall–Kier alpha value is -1.97. The van der Waals surface area contributed by atoms with Crippen LogP contribution >= 0.6 is 0 Å². The molecule has 0 heterocycles. The van der Waals surface area contributed by atoms with Crippen LogP contribution in [-0.4, -0.2) is 24.1 Å². The van der Waals surface area contributed by atoms with Crippen molar-refractivity contribution >= 4 is 11.5 Å². The molecule has 0 saturated carbocycles. The summed E-state index contributed by atoms with van der Waals surface area (Å²) < 4.78 is 11.7. The number of unbranched alkanes of at least 4 members (excludes halogenated alkanes) is 2. The average Bonchev–Trinajstić information content (AvgIpc) is 2.54. The fourth-order valence-electron chi connectivity index (χ4n) is 2.26. The number of ether oxygens (including phenoxy) is 2. The van der Waals surface area contributed by atoms with Gasteiger partial charge in [0.2, 0.25) is 0 Å². The number of ketones is 1. The maximum Gasteiger partial charge on any atom is 0.156 e. The summed E-state index contributed by atoms with van der Waals surface area (Å²) in [5.41, 5.74) is 1.54. The lowest BCUT2D eigenvalue weighted by atomic mass is 10.0. The zero-order chi connectivity index (χ0) is 17.9. The van der Waals surface area contributed by atoms with Gasteiger partial charge in [-0.1, -0.05) is 33.6 Å². The van der Waals surface area contributed by atoms with Gasteiger partial charge in [-0.2, -0.15) is 0 Å². The third-order valence-electron chi connectivity index (χ3n) is 3.67. The van der Waals surface area contributed by atoms with Gasteiger partial charge in [0.1, 0.15) is 17.3 Å². The molecule has 0 bridgehead atoms. The lowest BCUT2D eigenvalue weighted by Crippen LogP contribution is -2.05. The minimum Gasteiger partial charge on any atom is -0.507 e. The molecule has 1 N–H and O–H groups in total. The van der Waals surface area contributed by atoms with E-state index in [0.717, 1.165) is 43.4 Å². The van der Waals surface area contributed by atoms with Crippen molar-refractivity contribution in [2.24, 2.45) is 0 Å². The molecular formula is C20H30O4. The smallest absolute Gasteiger partial charge is 0.156 e. The highest BCUT2D eigenvalue weighted by molar-refractivity contribution is 5.94. The average molecular weight is 334 g/mol. The molecular weight excluding hydrogens is 304 g/mol. The highest BCUT2D eigenvalue weighted by Gasteiger charge is 2.15. The molecule has 0 aliphatic heterocycles. The minimum absolute atomic E-state index is 0.0659. The van der Waals surface area contributed by atoms with Crippen LogP contribution in [0.2, 0.25) is 0 Å².